The molecule has 0 radical (unpaired) electrons. The molecule has 0 aliphatic heterocycles. The Morgan fingerprint density at radius 2 is 1.53 bits per heavy atom. The van der Waals surface area contributed by atoms with Gasteiger partial charge in [-0.1, -0.05) is 0 Å². The number of rotatable bonds is 3. The van der Waals surface area contributed by atoms with Gasteiger partial charge in [0.05, 0.1) is 0 Å². The van der Waals surface area contributed by atoms with Gasteiger partial charge in [0.1, 0.15) is 0 Å². The van der Waals surface area contributed by atoms with Gasteiger partial charge in [-0.2, -0.15) is 13.2 Å². The van der Waals surface area contributed by atoms with Crippen molar-refractivity contribution in [2.45, 2.75) is 5.73 Å². The van der Waals surface area contributed by atoms with Crippen LogP contribution in [0.25, 0.3) is 0 Å². The highest BCUT2D eigenvalue weighted by molar-refractivity contribution is 6.58. The van der Waals surface area contributed by atoms with Crippen LogP contribution in [-0.2, 0) is 0 Å². The van der Waals surface area contributed by atoms with Crippen LogP contribution >= 0.6 is 0 Å². The van der Waals surface area contributed by atoms with Crippen molar-refractivity contribution in [2.75, 3.05) is 0 Å². The fourth-order valence-corrected chi connectivity index (χ4v) is 1.04. The maximum absolute atomic E-state index is 12.9. The molecule has 0 aromatic heterocycles. The molecule has 1 aromatic rings. The molecule has 0 amide bonds. The van der Waals surface area contributed by atoms with Crippen molar-refractivity contribution in [3.63, 3.8) is 0 Å². The Hall–Kier alpha value is -1.23. The Kier molecular flexibility index (Phi) is 3.43. The first-order chi connectivity index (χ1) is 7.56. The van der Waals surface area contributed by atoms with Crippen LogP contribution in [-0.4, -0.2) is 28.9 Å². The van der Waals surface area contributed by atoms with Crippen molar-refractivity contribution in [2.24, 2.45) is 0 Å². The third-order valence-corrected chi connectivity index (χ3v) is 2.51. The molecule has 17 heavy (non-hydrogen) atoms. The smallest absolute Gasteiger partial charge is 0.427 e. The van der Waals surface area contributed by atoms with Gasteiger partial charge < -0.3 is 19.1 Å². The highest BCUT2D eigenvalue weighted by atomic mass is 28.4. The summed E-state index contributed by atoms with van der Waals surface area (Å²) in [5, 5.41) is 0. The van der Waals surface area contributed by atoms with Crippen molar-refractivity contribution in [1.82, 2.24) is 0 Å². The lowest BCUT2D eigenvalue weighted by Crippen LogP contribution is -2.57. The van der Waals surface area contributed by atoms with E-state index >= 15 is 0 Å². The molecule has 0 fully saturated rings. The van der Waals surface area contributed by atoms with Crippen LogP contribution in [0.2, 0.25) is 0 Å². The maximum Gasteiger partial charge on any atom is 0.619 e. The third kappa shape index (κ3) is 2.72. The normalized spacial score (nSPS) is 12.7. The second kappa shape index (κ2) is 4.22. The van der Waals surface area contributed by atoms with E-state index in [2.05, 4.69) is 4.74 Å². The van der Waals surface area contributed by atoms with Gasteiger partial charge in [0.15, 0.2) is 17.4 Å². The topological polar surface area (TPSA) is 69.9 Å². The number of alkyl halides is 2. The quantitative estimate of drug-likeness (QED) is 0.428. The van der Waals surface area contributed by atoms with Gasteiger partial charge >= 0.3 is 14.5 Å². The number of ether oxygens (including phenoxy) is 1. The van der Waals surface area contributed by atoms with Gasteiger partial charge in [-0.25, -0.2) is 8.78 Å². The molecule has 96 valence electrons. The highest BCUT2D eigenvalue weighted by Crippen LogP contribution is 2.29. The van der Waals surface area contributed by atoms with Crippen molar-refractivity contribution < 1.29 is 41.1 Å². The molecule has 0 unspecified atom stereocenters. The molecule has 0 saturated heterocycles. The van der Waals surface area contributed by atoms with Crippen molar-refractivity contribution in [3.8, 4) is 5.75 Å². The lowest BCUT2D eigenvalue weighted by Gasteiger charge is -2.22. The summed E-state index contributed by atoms with van der Waals surface area (Å²) < 4.78 is 66.8. The van der Waals surface area contributed by atoms with Crippen molar-refractivity contribution >= 4 is 8.80 Å². The minimum absolute atomic E-state index is 0.291. The highest BCUT2D eigenvalue weighted by Gasteiger charge is 2.61. The average Bonchev–Trinajstić information content (AvgIpc) is 2.17. The summed E-state index contributed by atoms with van der Waals surface area (Å²) in [6.45, 7) is 0. The van der Waals surface area contributed by atoms with Gasteiger partial charge in [0, 0.05) is 0 Å². The van der Waals surface area contributed by atoms with E-state index in [1.54, 1.807) is 0 Å². The molecular weight excluding hydrogens is 271 g/mol. The molecule has 0 bridgehead atoms. The van der Waals surface area contributed by atoms with Gasteiger partial charge in [0.2, 0.25) is 5.82 Å². The Morgan fingerprint density at radius 1 is 1.00 bits per heavy atom. The molecule has 0 heterocycles. The Balaban J connectivity index is 3.09. The maximum atomic E-state index is 12.9. The number of hydrogen-bond acceptors (Lipinski definition) is 4. The lowest BCUT2D eigenvalue weighted by molar-refractivity contribution is -0.154. The van der Waals surface area contributed by atoms with E-state index in [1.807, 2.05) is 0 Å². The van der Waals surface area contributed by atoms with Gasteiger partial charge in [0.25, 0.3) is 0 Å². The van der Waals surface area contributed by atoms with Crippen molar-refractivity contribution in [3.05, 3.63) is 29.6 Å². The summed E-state index contributed by atoms with van der Waals surface area (Å²) in [5.41, 5.74) is -4.90. The summed E-state index contributed by atoms with van der Waals surface area (Å²) >= 11 is 0. The monoisotopic (exact) mass is 276 g/mol. The zero-order valence-electron chi connectivity index (χ0n) is 7.79. The summed E-state index contributed by atoms with van der Waals surface area (Å²) in [7, 11) is -6.06. The van der Waals surface area contributed by atoms with E-state index in [0.29, 0.717) is 12.1 Å². The van der Waals surface area contributed by atoms with E-state index in [9.17, 15) is 22.0 Å². The van der Waals surface area contributed by atoms with E-state index in [0.717, 1.165) is 0 Å². The second-order valence-corrected chi connectivity index (χ2v) is 4.78. The molecule has 10 heteroatoms. The van der Waals surface area contributed by atoms with Crippen LogP contribution in [0.1, 0.15) is 0 Å². The van der Waals surface area contributed by atoms with Crippen LogP contribution in [0, 0.1) is 17.5 Å². The van der Waals surface area contributed by atoms with Crippen LogP contribution in [0.15, 0.2) is 12.1 Å². The summed E-state index contributed by atoms with van der Waals surface area (Å²) in [5.74, 6) is -7.26. The van der Waals surface area contributed by atoms with Crippen molar-refractivity contribution in [1.29, 1.82) is 0 Å². The minimum Gasteiger partial charge on any atom is -0.427 e. The standard InChI is InChI=1S/C7H5F5O4Si/c8-3-1-2-4(6(10)5(3)9)16-7(11,12)17(13,14)15/h1-2,13-15H. The van der Waals surface area contributed by atoms with Gasteiger partial charge in [-0.3, -0.25) is 0 Å². The predicted octanol–water partition coefficient (Wildman–Crippen LogP) is 0.531. The van der Waals surface area contributed by atoms with E-state index in [4.69, 9.17) is 14.4 Å². The first-order valence-electron chi connectivity index (χ1n) is 3.93. The number of benzene rings is 1. The summed E-state index contributed by atoms with van der Waals surface area (Å²) in [6.07, 6.45) is 0. The zero-order valence-corrected chi connectivity index (χ0v) is 8.79. The molecule has 0 aliphatic rings. The van der Waals surface area contributed by atoms with Crippen LogP contribution in [0.4, 0.5) is 22.0 Å². The molecule has 4 nitrogen and oxygen atoms in total. The molecule has 3 N–H and O–H groups in total. The van der Waals surface area contributed by atoms with Gasteiger partial charge in [-0.15, -0.1) is 0 Å². The fourth-order valence-electron chi connectivity index (χ4n) is 0.794. The molecule has 1 aromatic carbocycles. The SMILES string of the molecule is O[Si](O)(O)C(F)(F)Oc1ccc(F)c(F)c1F. The first kappa shape index (κ1) is 13.8. The molecule has 0 aliphatic carbocycles. The lowest BCUT2D eigenvalue weighted by atomic mass is 10.3. The van der Waals surface area contributed by atoms with Crippen LogP contribution in [0.3, 0.4) is 0 Å². The Labute approximate surface area is 91.9 Å². The third-order valence-electron chi connectivity index (χ3n) is 1.63. The van der Waals surface area contributed by atoms with Gasteiger partial charge in [-0.05, 0) is 12.1 Å². The molecular formula is C7H5F5O4Si. The summed E-state index contributed by atoms with van der Waals surface area (Å²) in [6, 6.07) is 0.598. The summed E-state index contributed by atoms with van der Waals surface area (Å²) in [4.78, 5) is 24.9. The van der Waals surface area contributed by atoms with E-state index in [1.165, 1.54) is 0 Å². The Morgan fingerprint density at radius 3 is 2.00 bits per heavy atom. The zero-order chi connectivity index (χ0) is 13.4. The molecule has 0 saturated carbocycles. The molecule has 0 spiro atoms. The largest absolute Gasteiger partial charge is 0.619 e. The predicted molar refractivity (Wildman–Crippen MR) is 44.3 cm³/mol. The number of hydrogen-bond donors (Lipinski definition) is 3. The first-order valence-corrected chi connectivity index (χ1v) is 5.78. The number of halogens is 5. The van der Waals surface area contributed by atoms with E-state index < -0.39 is 37.7 Å². The Bertz CT molecular complexity index is 433. The second-order valence-electron chi connectivity index (χ2n) is 2.93. The minimum atomic E-state index is -6.06. The average molecular weight is 276 g/mol. The van der Waals surface area contributed by atoms with Crippen LogP contribution < -0.4 is 4.74 Å². The van der Waals surface area contributed by atoms with Crippen LogP contribution in [0.5, 0.6) is 5.75 Å². The van der Waals surface area contributed by atoms with E-state index in [-0.39, 0.29) is 0 Å². The molecule has 1 rings (SSSR count). The molecule has 0 atom stereocenters. The fraction of sp³-hybridized carbons (Fsp3) is 0.143.